The highest BCUT2D eigenvalue weighted by Gasteiger charge is 2.46. The second-order valence-corrected chi connectivity index (χ2v) is 8.57. The lowest BCUT2D eigenvalue weighted by molar-refractivity contribution is -0.137. The Bertz CT molecular complexity index is 893. The van der Waals surface area contributed by atoms with Gasteiger partial charge in [-0.25, -0.2) is 0 Å². The molecule has 2 fully saturated rings. The SMILES string of the molecule is Cc1cccc(COCC[C@H]2CO[C@H]3CN(C(=O)[C@H]4Cc5ccccc5O4)C[C@@H]23)n1. The minimum atomic E-state index is -0.398. The number of hydrogen-bond acceptors (Lipinski definition) is 5. The number of para-hydroxylation sites is 1. The molecule has 158 valence electrons. The van der Waals surface area contributed by atoms with Crippen molar-refractivity contribution in [1.29, 1.82) is 0 Å². The van der Waals surface area contributed by atoms with Crippen LogP contribution in [-0.2, 0) is 27.3 Å². The minimum absolute atomic E-state index is 0.0877. The van der Waals surface area contributed by atoms with E-state index in [-0.39, 0.29) is 12.0 Å². The first-order valence-corrected chi connectivity index (χ1v) is 10.8. The van der Waals surface area contributed by atoms with E-state index in [0.717, 1.165) is 42.3 Å². The van der Waals surface area contributed by atoms with Crippen molar-refractivity contribution in [3.63, 3.8) is 0 Å². The Kier molecular flexibility index (Phi) is 5.44. The standard InChI is InChI=1S/C24H28N2O4/c1-16-5-4-7-19(25-16)15-28-10-9-18-14-29-23-13-26(12-20(18)23)24(27)22-11-17-6-2-3-8-21(17)30-22/h2-8,18,20,22-23H,9-15H2,1H3/t18-,20-,22+,23-/m0/s1. The molecular formula is C24H28N2O4. The van der Waals surface area contributed by atoms with Crippen molar-refractivity contribution in [1.82, 2.24) is 9.88 Å². The second kappa shape index (κ2) is 8.36. The highest BCUT2D eigenvalue weighted by molar-refractivity contribution is 5.83. The number of nitrogens with zero attached hydrogens (tertiary/aromatic N) is 2. The summed E-state index contributed by atoms with van der Waals surface area (Å²) in [4.78, 5) is 19.4. The Balaban J connectivity index is 1.10. The molecule has 0 spiro atoms. The molecule has 4 atom stereocenters. The van der Waals surface area contributed by atoms with E-state index in [9.17, 15) is 4.79 Å². The predicted molar refractivity (Wildman–Crippen MR) is 111 cm³/mol. The molecule has 4 heterocycles. The summed E-state index contributed by atoms with van der Waals surface area (Å²) in [7, 11) is 0. The first-order chi connectivity index (χ1) is 14.7. The van der Waals surface area contributed by atoms with E-state index < -0.39 is 6.10 Å². The second-order valence-electron chi connectivity index (χ2n) is 8.57. The number of aryl methyl sites for hydroxylation is 1. The maximum Gasteiger partial charge on any atom is 0.264 e. The number of hydrogen-bond donors (Lipinski definition) is 0. The van der Waals surface area contributed by atoms with Crippen LogP contribution in [-0.4, -0.2) is 54.3 Å². The molecule has 2 aromatic rings. The Morgan fingerprint density at radius 1 is 1.20 bits per heavy atom. The zero-order valence-electron chi connectivity index (χ0n) is 17.3. The number of fused-ring (bicyclic) bond motifs is 2. The van der Waals surface area contributed by atoms with Gasteiger partial charge in [-0.05, 0) is 43.0 Å². The van der Waals surface area contributed by atoms with E-state index in [2.05, 4.69) is 4.98 Å². The third kappa shape index (κ3) is 3.94. The van der Waals surface area contributed by atoms with Crippen molar-refractivity contribution >= 4 is 5.91 Å². The molecule has 1 amide bonds. The van der Waals surface area contributed by atoms with Crippen molar-refractivity contribution in [2.45, 2.75) is 38.6 Å². The van der Waals surface area contributed by atoms with E-state index in [1.165, 1.54) is 0 Å². The molecule has 0 saturated carbocycles. The molecule has 2 saturated heterocycles. The van der Waals surface area contributed by atoms with Gasteiger partial charge >= 0.3 is 0 Å². The highest BCUT2D eigenvalue weighted by atomic mass is 16.5. The van der Waals surface area contributed by atoms with E-state index in [0.29, 0.717) is 38.0 Å². The van der Waals surface area contributed by atoms with Crippen LogP contribution in [0.2, 0.25) is 0 Å². The number of carbonyl (C=O) groups is 1. The Morgan fingerprint density at radius 2 is 2.10 bits per heavy atom. The average Bonchev–Trinajstić information content (AvgIpc) is 3.45. The van der Waals surface area contributed by atoms with Crippen LogP contribution in [0.1, 0.15) is 23.4 Å². The molecule has 0 unspecified atom stereocenters. The Morgan fingerprint density at radius 3 is 2.97 bits per heavy atom. The summed E-state index contributed by atoms with van der Waals surface area (Å²) in [5.74, 6) is 1.74. The van der Waals surface area contributed by atoms with E-state index >= 15 is 0 Å². The van der Waals surface area contributed by atoms with Gasteiger partial charge < -0.3 is 19.1 Å². The van der Waals surface area contributed by atoms with Crippen molar-refractivity contribution in [2.75, 3.05) is 26.3 Å². The normalized spacial score (nSPS) is 27.0. The zero-order chi connectivity index (χ0) is 20.5. The van der Waals surface area contributed by atoms with Gasteiger partial charge in [0.05, 0.1) is 25.0 Å². The first kappa shape index (κ1) is 19.5. The van der Waals surface area contributed by atoms with Gasteiger partial charge in [-0.3, -0.25) is 9.78 Å². The molecule has 6 nitrogen and oxygen atoms in total. The van der Waals surface area contributed by atoms with Gasteiger partial charge in [0, 0.05) is 37.7 Å². The van der Waals surface area contributed by atoms with Gasteiger partial charge in [-0.15, -0.1) is 0 Å². The number of pyridine rings is 1. The molecule has 0 radical (unpaired) electrons. The number of ether oxygens (including phenoxy) is 3. The van der Waals surface area contributed by atoms with Crippen molar-refractivity contribution in [3.05, 3.63) is 59.4 Å². The van der Waals surface area contributed by atoms with E-state index in [1.807, 2.05) is 54.3 Å². The molecule has 1 aromatic heterocycles. The number of rotatable bonds is 6. The van der Waals surface area contributed by atoms with Gasteiger partial charge in [-0.1, -0.05) is 24.3 Å². The van der Waals surface area contributed by atoms with Gasteiger partial charge in [-0.2, -0.15) is 0 Å². The van der Waals surface area contributed by atoms with Crippen LogP contribution in [0.5, 0.6) is 5.75 Å². The fourth-order valence-corrected chi connectivity index (χ4v) is 4.89. The summed E-state index contributed by atoms with van der Waals surface area (Å²) in [6.07, 6.45) is 1.35. The molecule has 1 aromatic carbocycles. The van der Waals surface area contributed by atoms with Gasteiger partial charge in [0.15, 0.2) is 6.10 Å². The lowest BCUT2D eigenvalue weighted by Gasteiger charge is -2.22. The lowest BCUT2D eigenvalue weighted by atomic mass is 9.91. The Labute approximate surface area is 177 Å². The van der Waals surface area contributed by atoms with Crippen molar-refractivity contribution < 1.29 is 19.0 Å². The van der Waals surface area contributed by atoms with Gasteiger partial charge in [0.1, 0.15) is 5.75 Å². The van der Waals surface area contributed by atoms with Gasteiger partial charge in [0.2, 0.25) is 0 Å². The summed E-state index contributed by atoms with van der Waals surface area (Å²) < 4.78 is 17.8. The molecule has 3 aliphatic heterocycles. The van der Waals surface area contributed by atoms with E-state index in [1.54, 1.807) is 0 Å². The molecule has 0 bridgehead atoms. The third-order valence-electron chi connectivity index (χ3n) is 6.50. The minimum Gasteiger partial charge on any atom is -0.480 e. The maximum absolute atomic E-state index is 13.0. The molecule has 5 rings (SSSR count). The van der Waals surface area contributed by atoms with Crippen molar-refractivity contribution in [2.24, 2.45) is 11.8 Å². The highest BCUT2D eigenvalue weighted by Crippen LogP contribution is 2.37. The topological polar surface area (TPSA) is 60.9 Å². The number of likely N-dealkylation sites (tertiary alicyclic amines) is 1. The van der Waals surface area contributed by atoms with Crippen LogP contribution >= 0.6 is 0 Å². The summed E-state index contributed by atoms with van der Waals surface area (Å²) in [6, 6.07) is 13.9. The predicted octanol–water partition coefficient (Wildman–Crippen LogP) is 2.77. The molecule has 30 heavy (non-hydrogen) atoms. The molecule has 0 aliphatic carbocycles. The third-order valence-corrected chi connectivity index (χ3v) is 6.50. The number of carbonyl (C=O) groups excluding carboxylic acids is 1. The number of benzene rings is 1. The zero-order valence-corrected chi connectivity index (χ0v) is 17.3. The molecule has 3 aliphatic rings. The van der Waals surface area contributed by atoms with Crippen LogP contribution < -0.4 is 4.74 Å². The smallest absolute Gasteiger partial charge is 0.264 e. The average molecular weight is 408 g/mol. The van der Waals surface area contributed by atoms with Gasteiger partial charge in [0.25, 0.3) is 5.91 Å². The van der Waals surface area contributed by atoms with Crippen LogP contribution in [0.4, 0.5) is 0 Å². The molecular weight excluding hydrogens is 380 g/mol. The van der Waals surface area contributed by atoms with Crippen LogP contribution in [0, 0.1) is 18.8 Å². The molecule has 0 N–H and O–H groups in total. The monoisotopic (exact) mass is 408 g/mol. The Hall–Kier alpha value is -2.44. The lowest BCUT2D eigenvalue weighted by Crippen LogP contribution is -2.41. The quantitative estimate of drug-likeness (QED) is 0.688. The van der Waals surface area contributed by atoms with Crippen molar-refractivity contribution in [3.8, 4) is 5.75 Å². The van der Waals surface area contributed by atoms with Crippen LogP contribution in [0.3, 0.4) is 0 Å². The fraction of sp³-hybridized carbons (Fsp3) is 0.500. The number of aromatic nitrogens is 1. The maximum atomic E-state index is 13.0. The first-order valence-electron chi connectivity index (χ1n) is 10.8. The summed E-state index contributed by atoms with van der Waals surface area (Å²) in [6.45, 7) is 5.39. The van der Waals surface area contributed by atoms with Crippen LogP contribution in [0.25, 0.3) is 0 Å². The van der Waals surface area contributed by atoms with E-state index in [4.69, 9.17) is 14.2 Å². The summed E-state index contributed by atoms with van der Waals surface area (Å²) in [5, 5.41) is 0. The largest absolute Gasteiger partial charge is 0.480 e. The van der Waals surface area contributed by atoms with Crippen LogP contribution in [0.15, 0.2) is 42.5 Å². The fourth-order valence-electron chi connectivity index (χ4n) is 4.89. The number of amides is 1. The summed E-state index contributed by atoms with van der Waals surface area (Å²) >= 11 is 0. The molecule has 6 heteroatoms. The summed E-state index contributed by atoms with van der Waals surface area (Å²) in [5.41, 5.74) is 3.09.